The Bertz CT molecular complexity index is 1120. The monoisotopic (exact) mass is 450 g/mol. The summed E-state index contributed by atoms with van der Waals surface area (Å²) in [5.74, 6) is 2.60. The fourth-order valence-corrected chi connectivity index (χ4v) is 4.11. The molecule has 3 heterocycles. The molecule has 9 heteroatoms. The molecule has 0 saturated carbocycles. The highest BCUT2D eigenvalue weighted by Gasteiger charge is 2.22. The summed E-state index contributed by atoms with van der Waals surface area (Å²) in [6.07, 6.45) is 0.369. The zero-order valence-electron chi connectivity index (χ0n) is 18.5. The molecule has 0 spiro atoms. The number of benzene rings is 2. The number of carbonyl (C=O) groups excluding carboxylic acids is 1. The van der Waals surface area contributed by atoms with Gasteiger partial charge in [0.25, 0.3) is 5.89 Å². The lowest BCUT2D eigenvalue weighted by atomic mass is 10.1. The summed E-state index contributed by atoms with van der Waals surface area (Å²) < 4.78 is 21.0. The topological polar surface area (TPSA) is 90.2 Å². The molecule has 9 nitrogen and oxygen atoms in total. The van der Waals surface area contributed by atoms with Gasteiger partial charge in [-0.05, 0) is 29.3 Å². The maximum atomic E-state index is 12.8. The van der Waals surface area contributed by atoms with Crippen molar-refractivity contribution in [3.05, 3.63) is 59.5 Å². The largest absolute Gasteiger partial charge is 0.454 e. The number of fused-ring (bicyclic) bond motifs is 1. The molecule has 1 aromatic heterocycles. The van der Waals surface area contributed by atoms with Crippen LogP contribution in [0.1, 0.15) is 17.0 Å². The van der Waals surface area contributed by atoms with Gasteiger partial charge in [-0.1, -0.05) is 29.4 Å². The number of methoxy groups -OCH3 is 1. The molecule has 172 valence electrons. The van der Waals surface area contributed by atoms with Gasteiger partial charge in [0.1, 0.15) is 6.61 Å². The Morgan fingerprint density at radius 1 is 1.03 bits per heavy atom. The van der Waals surface area contributed by atoms with Crippen molar-refractivity contribution in [2.75, 3.05) is 40.1 Å². The zero-order chi connectivity index (χ0) is 22.6. The third-order valence-electron chi connectivity index (χ3n) is 5.84. The summed E-state index contributed by atoms with van der Waals surface area (Å²) in [4.78, 5) is 21.4. The van der Waals surface area contributed by atoms with Crippen molar-refractivity contribution in [3.63, 3.8) is 0 Å². The Kier molecular flexibility index (Phi) is 6.23. The number of carbonyl (C=O) groups is 1. The highest BCUT2D eigenvalue weighted by Crippen LogP contribution is 2.32. The molecule has 2 aliphatic rings. The molecule has 33 heavy (non-hydrogen) atoms. The van der Waals surface area contributed by atoms with Crippen LogP contribution in [0.4, 0.5) is 0 Å². The molecule has 1 saturated heterocycles. The lowest BCUT2D eigenvalue weighted by Gasteiger charge is -2.35. The smallest absolute Gasteiger partial charge is 0.252 e. The van der Waals surface area contributed by atoms with Gasteiger partial charge in [-0.25, -0.2) is 0 Å². The Hall–Kier alpha value is -3.43. The van der Waals surface area contributed by atoms with Gasteiger partial charge in [-0.3, -0.25) is 9.69 Å². The predicted molar refractivity (Wildman–Crippen MR) is 119 cm³/mol. The summed E-state index contributed by atoms with van der Waals surface area (Å²) in [7, 11) is 1.59. The molecule has 0 unspecified atom stereocenters. The van der Waals surface area contributed by atoms with Gasteiger partial charge in [0.2, 0.25) is 18.5 Å². The van der Waals surface area contributed by atoms with Crippen LogP contribution in [0.25, 0.3) is 11.4 Å². The van der Waals surface area contributed by atoms with Crippen molar-refractivity contribution in [1.29, 1.82) is 0 Å². The SMILES string of the molecule is COCc1nc(-c2cccc(CN3CCN(C(=O)Cc4ccc5c(c4)OCO5)CC3)c2)no1. The summed E-state index contributed by atoms with van der Waals surface area (Å²) in [6, 6.07) is 13.8. The van der Waals surface area contributed by atoms with E-state index in [9.17, 15) is 4.79 Å². The van der Waals surface area contributed by atoms with Crippen molar-refractivity contribution in [2.45, 2.75) is 19.6 Å². The predicted octanol–water partition coefficient (Wildman–Crippen LogP) is 2.50. The first kappa shape index (κ1) is 21.4. The highest BCUT2D eigenvalue weighted by molar-refractivity contribution is 5.79. The first-order chi connectivity index (χ1) is 16.2. The van der Waals surface area contributed by atoms with Crippen molar-refractivity contribution in [1.82, 2.24) is 19.9 Å². The molecule has 3 aromatic rings. The minimum Gasteiger partial charge on any atom is -0.454 e. The lowest BCUT2D eigenvalue weighted by Crippen LogP contribution is -2.48. The first-order valence-electron chi connectivity index (χ1n) is 11.0. The molecule has 0 atom stereocenters. The fourth-order valence-electron chi connectivity index (χ4n) is 4.11. The van der Waals surface area contributed by atoms with Crippen LogP contribution in [-0.2, 0) is 29.1 Å². The van der Waals surface area contributed by atoms with Gasteiger partial charge < -0.3 is 23.6 Å². The number of hydrogen-bond acceptors (Lipinski definition) is 8. The number of ether oxygens (including phenoxy) is 3. The second-order valence-electron chi connectivity index (χ2n) is 8.17. The van der Waals surface area contributed by atoms with Gasteiger partial charge >= 0.3 is 0 Å². The number of piperazine rings is 1. The Morgan fingerprint density at radius 3 is 2.73 bits per heavy atom. The van der Waals surface area contributed by atoms with Gasteiger partial charge in [-0.2, -0.15) is 4.98 Å². The highest BCUT2D eigenvalue weighted by atomic mass is 16.7. The van der Waals surface area contributed by atoms with Crippen LogP contribution in [0, 0.1) is 0 Å². The second-order valence-corrected chi connectivity index (χ2v) is 8.17. The summed E-state index contributed by atoms with van der Waals surface area (Å²) in [6.45, 7) is 4.43. The summed E-state index contributed by atoms with van der Waals surface area (Å²) in [5, 5.41) is 4.04. The number of hydrogen-bond donors (Lipinski definition) is 0. The van der Waals surface area contributed by atoms with Gasteiger partial charge in [0.05, 0.1) is 6.42 Å². The Balaban J connectivity index is 1.14. The van der Waals surface area contributed by atoms with Crippen LogP contribution in [-0.4, -0.2) is 65.9 Å². The first-order valence-corrected chi connectivity index (χ1v) is 11.0. The van der Waals surface area contributed by atoms with Crippen molar-refractivity contribution < 1.29 is 23.5 Å². The molecule has 0 aliphatic carbocycles. The summed E-state index contributed by atoms with van der Waals surface area (Å²) >= 11 is 0. The second kappa shape index (κ2) is 9.60. The van der Waals surface area contributed by atoms with E-state index in [-0.39, 0.29) is 12.7 Å². The van der Waals surface area contributed by atoms with Gasteiger partial charge in [0.15, 0.2) is 11.5 Å². The molecular weight excluding hydrogens is 424 g/mol. The van der Waals surface area contributed by atoms with E-state index < -0.39 is 0 Å². The van der Waals surface area contributed by atoms with E-state index in [1.165, 1.54) is 5.56 Å². The molecule has 5 rings (SSSR count). The van der Waals surface area contributed by atoms with Crippen LogP contribution < -0.4 is 9.47 Å². The maximum Gasteiger partial charge on any atom is 0.252 e. The van der Waals surface area contributed by atoms with E-state index in [1.807, 2.05) is 35.2 Å². The Labute approximate surface area is 191 Å². The molecule has 0 N–H and O–H groups in total. The van der Waals surface area contributed by atoms with Crippen LogP contribution >= 0.6 is 0 Å². The van der Waals surface area contributed by atoms with Gasteiger partial charge in [0, 0.05) is 45.4 Å². The molecule has 2 aliphatic heterocycles. The van der Waals surface area contributed by atoms with Gasteiger partial charge in [-0.15, -0.1) is 0 Å². The quantitative estimate of drug-likeness (QED) is 0.542. The minimum absolute atomic E-state index is 0.138. The standard InChI is InChI=1S/C24H26N4O5/c1-30-15-22-25-24(26-33-22)19-4-2-3-18(11-19)14-27-7-9-28(10-8-27)23(29)13-17-5-6-20-21(12-17)32-16-31-20/h2-6,11-12H,7-10,13-16H2,1H3. The molecule has 2 aromatic carbocycles. The average molecular weight is 450 g/mol. The van der Waals surface area contributed by atoms with Crippen LogP contribution in [0.5, 0.6) is 11.5 Å². The van der Waals surface area contributed by atoms with Crippen molar-refractivity contribution in [2.24, 2.45) is 0 Å². The number of amides is 1. The molecule has 1 amide bonds. The van der Waals surface area contributed by atoms with Crippen LogP contribution in [0.2, 0.25) is 0 Å². The number of rotatable bonds is 7. The number of aromatic nitrogens is 2. The average Bonchev–Trinajstić information content (AvgIpc) is 3.49. The summed E-state index contributed by atoms with van der Waals surface area (Å²) in [5.41, 5.74) is 3.03. The fraction of sp³-hybridized carbons (Fsp3) is 0.375. The molecule has 1 fully saturated rings. The van der Waals surface area contributed by atoms with E-state index in [1.54, 1.807) is 7.11 Å². The lowest BCUT2D eigenvalue weighted by molar-refractivity contribution is -0.132. The molecule has 0 bridgehead atoms. The molecule has 0 radical (unpaired) electrons. The minimum atomic E-state index is 0.138. The molecular formula is C24H26N4O5. The van der Waals surface area contributed by atoms with Crippen LogP contribution in [0.15, 0.2) is 47.0 Å². The maximum absolute atomic E-state index is 12.8. The van der Waals surface area contributed by atoms with Crippen LogP contribution in [0.3, 0.4) is 0 Å². The van der Waals surface area contributed by atoms with Crippen molar-refractivity contribution in [3.8, 4) is 22.9 Å². The van der Waals surface area contributed by atoms with Crippen molar-refractivity contribution >= 4 is 5.91 Å². The Morgan fingerprint density at radius 2 is 1.88 bits per heavy atom. The van der Waals surface area contributed by atoms with E-state index in [2.05, 4.69) is 27.2 Å². The normalized spacial score (nSPS) is 15.7. The van der Waals surface area contributed by atoms with E-state index in [0.29, 0.717) is 43.6 Å². The third-order valence-corrected chi connectivity index (χ3v) is 5.84. The number of nitrogens with zero attached hydrogens (tertiary/aromatic N) is 4. The van der Waals surface area contributed by atoms with E-state index in [4.69, 9.17) is 18.7 Å². The van der Waals surface area contributed by atoms with E-state index >= 15 is 0 Å². The van der Waals surface area contributed by atoms with E-state index in [0.717, 1.165) is 36.5 Å². The zero-order valence-corrected chi connectivity index (χ0v) is 18.5. The third kappa shape index (κ3) is 4.99.